The Morgan fingerprint density at radius 1 is 1.05 bits per heavy atom. The minimum absolute atomic E-state index is 0.0599. The van der Waals surface area contributed by atoms with Crippen LogP contribution < -0.4 is 0 Å². The van der Waals surface area contributed by atoms with Gasteiger partial charge in [-0.15, -0.1) is 16.9 Å². The topological polar surface area (TPSA) is 30.7 Å². The first-order chi connectivity index (χ1) is 10.4. The third-order valence-electron chi connectivity index (χ3n) is 3.22. The molecule has 0 saturated carbocycles. The maximum absolute atomic E-state index is 6.03. The average Bonchev–Trinajstić information content (AvgIpc) is 2.89. The van der Waals surface area contributed by atoms with Crippen molar-refractivity contribution in [2.45, 2.75) is 30.9 Å². The Hall–Kier alpha value is -1.52. The van der Waals surface area contributed by atoms with E-state index in [9.17, 15) is 0 Å². The van der Waals surface area contributed by atoms with E-state index < -0.39 is 0 Å². The number of hydrogen-bond donors (Lipinski definition) is 0. The number of thioether (sulfide) groups is 1. The fourth-order valence-electron chi connectivity index (χ4n) is 2.28. The third-order valence-corrected chi connectivity index (χ3v) is 4.87. The van der Waals surface area contributed by atoms with E-state index in [0.29, 0.717) is 0 Å². The Labute approximate surface area is 139 Å². The van der Waals surface area contributed by atoms with Crippen LogP contribution in [-0.2, 0) is 0 Å². The maximum Gasteiger partial charge on any atom is 0.125 e. The third kappa shape index (κ3) is 3.28. The van der Waals surface area contributed by atoms with Gasteiger partial charge in [0.25, 0.3) is 0 Å². The first kappa shape index (κ1) is 15.4. The highest BCUT2D eigenvalue weighted by Crippen LogP contribution is 2.40. The van der Waals surface area contributed by atoms with Crippen molar-refractivity contribution in [1.29, 1.82) is 0 Å². The number of aromatic nitrogens is 3. The number of fused-ring (bicyclic) bond motifs is 1. The van der Waals surface area contributed by atoms with Crippen molar-refractivity contribution in [2.75, 3.05) is 0 Å². The number of rotatable bonds is 3. The molecule has 22 heavy (non-hydrogen) atoms. The Kier molecular flexibility index (Phi) is 4.15. The summed E-state index contributed by atoms with van der Waals surface area (Å²) < 4.78 is 2.09. The average molecular weight is 332 g/mol. The first-order valence-corrected chi connectivity index (χ1v) is 8.43. The molecule has 1 aromatic heterocycles. The van der Waals surface area contributed by atoms with Crippen molar-refractivity contribution in [3.63, 3.8) is 0 Å². The van der Waals surface area contributed by atoms with Crippen LogP contribution in [0.5, 0.6) is 0 Å². The molecule has 0 amide bonds. The highest BCUT2D eigenvalue weighted by atomic mass is 35.5. The zero-order chi connectivity index (χ0) is 15.7. The Balaban J connectivity index is 2.10. The van der Waals surface area contributed by atoms with Crippen LogP contribution in [0.15, 0.2) is 48.5 Å². The molecule has 3 rings (SSSR count). The summed E-state index contributed by atoms with van der Waals surface area (Å²) in [4.78, 5) is 0. The van der Waals surface area contributed by atoms with Crippen LogP contribution in [0.4, 0.5) is 0 Å². The van der Waals surface area contributed by atoms with Gasteiger partial charge in [0.1, 0.15) is 10.9 Å². The second-order valence-corrected chi connectivity index (χ2v) is 8.50. The number of hydrogen-bond acceptors (Lipinski definition) is 3. The highest BCUT2D eigenvalue weighted by molar-refractivity contribution is 8.00. The Morgan fingerprint density at radius 2 is 1.73 bits per heavy atom. The fourth-order valence-corrected chi connectivity index (χ4v) is 3.63. The van der Waals surface area contributed by atoms with Crippen LogP contribution in [0.1, 0.15) is 31.7 Å². The van der Waals surface area contributed by atoms with Crippen molar-refractivity contribution in [2.24, 2.45) is 0 Å². The van der Waals surface area contributed by atoms with Crippen LogP contribution in [0.3, 0.4) is 0 Å². The molecule has 0 fully saturated rings. The van der Waals surface area contributed by atoms with Gasteiger partial charge in [-0.2, -0.15) is 0 Å². The van der Waals surface area contributed by atoms with Gasteiger partial charge in [0.2, 0.25) is 0 Å². The minimum atomic E-state index is 0.0599. The summed E-state index contributed by atoms with van der Waals surface area (Å²) >= 11 is 7.88. The van der Waals surface area contributed by atoms with Crippen molar-refractivity contribution in [3.05, 3.63) is 59.1 Å². The number of nitrogens with zero attached hydrogens (tertiary/aromatic N) is 3. The smallest absolute Gasteiger partial charge is 0.125 e. The van der Waals surface area contributed by atoms with Gasteiger partial charge in [0, 0.05) is 9.77 Å². The van der Waals surface area contributed by atoms with Gasteiger partial charge in [0.05, 0.1) is 5.52 Å². The van der Waals surface area contributed by atoms with Gasteiger partial charge in [-0.05, 0) is 29.8 Å². The van der Waals surface area contributed by atoms with E-state index in [4.69, 9.17) is 11.6 Å². The molecular formula is C17H18ClN3S. The van der Waals surface area contributed by atoms with Gasteiger partial charge < -0.3 is 0 Å². The summed E-state index contributed by atoms with van der Waals surface area (Å²) in [7, 11) is 0. The molecule has 1 heterocycles. The predicted molar refractivity (Wildman–Crippen MR) is 94.5 cm³/mol. The van der Waals surface area contributed by atoms with Gasteiger partial charge in [-0.25, -0.2) is 4.68 Å². The molecule has 5 heteroatoms. The van der Waals surface area contributed by atoms with Crippen molar-refractivity contribution in [3.8, 4) is 0 Å². The maximum atomic E-state index is 6.03. The van der Waals surface area contributed by atoms with E-state index in [-0.39, 0.29) is 10.1 Å². The van der Waals surface area contributed by atoms with Crippen LogP contribution in [-0.4, -0.2) is 19.7 Å². The molecule has 2 aromatic carbocycles. The molecular weight excluding hydrogens is 314 g/mol. The van der Waals surface area contributed by atoms with Gasteiger partial charge in [-0.3, -0.25) is 0 Å². The summed E-state index contributed by atoms with van der Waals surface area (Å²) in [6.07, 6.45) is 0. The zero-order valence-corrected chi connectivity index (χ0v) is 14.4. The molecule has 3 aromatic rings. The molecule has 0 aliphatic carbocycles. The Bertz CT molecular complexity index is 774. The second kappa shape index (κ2) is 5.94. The molecule has 0 radical (unpaired) electrons. The molecule has 0 N–H and O–H groups in total. The second-order valence-electron chi connectivity index (χ2n) is 6.16. The summed E-state index contributed by atoms with van der Waals surface area (Å²) in [6, 6.07) is 16.0. The fraction of sp³-hybridized carbons (Fsp3) is 0.294. The van der Waals surface area contributed by atoms with Crippen molar-refractivity contribution in [1.82, 2.24) is 15.0 Å². The molecule has 0 aliphatic heterocycles. The summed E-state index contributed by atoms with van der Waals surface area (Å²) in [5.74, 6) is 0. The predicted octanol–water partition coefficient (Wildman–Crippen LogP) is 5.16. The van der Waals surface area contributed by atoms with Crippen molar-refractivity contribution >= 4 is 34.4 Å². The van der Waals surface area contributed by atoms with E-state index in [0.717, 1.165) is 16.1 Å². The van der Waals surface area contributed by atoms with E-state index in [1.807, 2.05) is 46.8 Å². The van der Waals surface area contributed by atoms with E-state index in [1.165, 1.54) is 5.56 Å². The molecule has 0 saturated heterocycles. The lowest BCUT2D eigenvalue weighted by atomic mass is 10.2. The van der Waals surface area contributed by atoms with Gasteiger partial charge in [-0.1, -0.05) is 61.9 Å². The molecule has 0 unspecified atom stereocenters. The summed E-state index contributed by atoms with van der Waals surface area (Å²) in [5.41, 5.74) is 3.12. The molecule has 0 aliphatic rings. The number of benzene rings is 2. The van der Waals surface area contributed by atoms with E-state index in [2.05, 4.69) is 49.3 Å². The van der Waals surface area contributed by atoms with E-state index >= 15 is 0 Å². The summed E-state index contributed by atoms with van der Waals surface area (Å²) in [5, 5.41) is 9.48. The standard InChI is InChI=1S/C17H18ClN3S/c1-17(2,3)22-16(12-8-10-13(18)11-9-12)21-15-7-5-4-6-14(15)19-20-21/h4-11,16H,1-3H3/t16-/m0/s1. The summed E-state index contributed by atoms with van der Waals surface area (Å²) in [6.45, 7) is 6.62. The number of para-hydroxylation sites is 1. The van der Waals surface area contributed by atoms with Crippen molar-refractivity contribution < 1.29 is 0 Å². The minimum Gasteiger partial charge on any atom is -0.227 e. The quantitative estimate of drug-likeness (QED) is 0.664. The Morgan fingerprint density at radius 3 is 2.41 bits per heavy atom. The molecule has 1 atom stereocenters. The molecule has 0 spiro atoms. The monoisotopic (exact) mass is 331 g/mol. The van der Waals surface area contributed by atoms with E-state index in [1.54, 1.807) is 0 Å². The zero-order valence-electron chi connectivity index (χ0n) is 12.8. The highest BCUT2D eigenvalue weighted by Gasteiger charge is 2.24. The van der Waals surface area contributed by atoms with Crippen LogP contribution in [0, 0.1) is 0 Å². The molecule has 114 valence electrons. The van der Waals surface area contributed by atoms with Crippen LogP contribution >= 0.6 is 23.4 Å². The normalized spacial score (nSPS) is 13.5. The SMILES string of the molecule is CC(C)(C)S[C@@H](c1ccc(Cl)cc1)n1nnc2ccccc21. The molecule has 0 bridgehead atoms. The van der Waals surface area contributed by atoms with Gasteiger partial charge in [0.15, 0.2) is 0 Å². The first-order valence-electron chi connectivity index (χ1n) is 7.17. The largest absolute Gasteiger partial charge is 0.227 e. The number of halogens is 1. The molecule has 3 nitrogen and oxygen atoms in total. The van der Waals surface area contributed by atoms with Crippen LogP contribution in [0.2, 0.25) is 5.02 Å². The lowest BCUT2D eigenvalue weighted by molar-refractivity contribution is 0.645. The lowest BCUT2D eigenvalue weighted by Crippen LogP contribution is -2.17. The van der Waals surface area contributed by atoms with Gasteiger partial charge >= 0.3 is 0 Å². The van der Waals surface area contributed by atoms with Crippen LogP contribution in [0.25, 0.3) is 11.0 Å². The lowest BCUT2D eigenvalue weighted by Gasteiger charge is -2.26.